The number of rotatable bonds is 7. The Labute approximate surface area is 263 Å². The van der Waals surface area contributed by atoms with Gasteiger partial charge in [-0.1, -0.05) is 60.1 Å². The van der Waals surface area contributed by atoms with E-state index >= 15 is 0 Å². The molecule has 4 aliphatic rings. The van der Waals surface area contributed by atoms with Crippen LogP contribution in [0.3, 0.4) is 0 Å². The number of non-ortho nitro benzene ring substituents is 1. The molecule has 1 heterocycles. The van der Waals surface area contributed by atoms with Crippen molar-refractivity contribution < 1.29 is 24.4 Å². The number of nitro groups is 3. The van der Waals surface area contributed by atoms with Crippen molar-refractivity contribution in [3.8, 4) is 0 Å². The van der Waals surface area contributed by atoms with Gasteiger partial charge in [-0.25, -0.2) is 4.90 Å². The molecule has 2 amide bonds. The molecule has 0 aromatic heterocycles. The van der Waals surface area contributed by atoms with Crippen LogP contribution < -0.4 is 10.3 Å². The monoisotopic (exact) mass is 638 g/mol. The van der Waals surface area contributed by atoms with Crippen LogP contribution in [-0.2, 0) is 15.0 Å². The summed E-state index contributed by atoms with van der Waals surface area (Å²) in [5, 5.41) is 39.4. The first kappa shape index (κ1) is 28.7. The Balaban J connectivity index is 1.42. The van der Waals surface area contributed by atoms with Gasteiger partial charge in [0.15, 0.2) is 0 Å². The number of benzene rings is 4. The number of nitrogens with one attached hydrogen (secondary N) is 1. The minimum Gasteiger partial charge on any atom is -0.274 e. The fraction of sp³-hybridized carbons (Fsp3) is 0.129. The molecule has 8 rings (SSSR count). The molecular formula is C31H19ClN6O8. The Morgan fingerprint density at radius 3 is 2.02 bits per heavy atom. The lowest BCUT2D eigenvalue weighted by atomic mass is 9.47. The molecule has 1 N–H and O–H groups in total. The number of carbonyl (C=O) groups is 2. The molecular weight excluding hydrogens is 620 g/mol. The summed E-state index contributed by atoms with van der Waals surface area (Å²) < 4.78 is 0. The fourth-order valence-corrected chi connectivity index (χ4v) is 7.37. The zero-order valence-corrected chi connectivity index (χ0v) is 24.0. The summed E-state index contributed by atoms with van der Waals surface area (Å²) >= 11 is 6.03. The van der Waals surface area contributed by atoms with Gasteiger partial charge in [0.2, 0.25) is 11.8 Å². The lowest BCUT2D eigenvalue weighted by Gasteiger charge is -2.52. The highest BCUT2D eigenvalue weighted by atomic mass is 35.5. The Kier molecular flexibility index (Phi) is 6.42. The Morgan fingerprint density at radius 1 is 0.783 bits per heavy atom. The molecule has 0 saturated carbocycles. The van der Waals surface area contributed by atoms with Gasteiger partial charge in [0.1, 0.15) is 11.4 Å². The van der Waals surface area contributed by atoms with Gasteiger partial charge in [-0.05, 0) is 40.5 Å². The second kappa shape index (κ2) is 10.3. The van der Waals surface area contributed by atoms with Crippen molar-refractivity contribution in [3.63, 3.8) is 0 Å². The van der Waals surface area contributed by atoms with Crippen molar-refractivity contribution in [2.24, 2.45) is 16.9 Å². The normalized spacial score (nSPS) is 22.4. The lowest BCUT2D eigenvalue weighted by Crippen LogP contribution is -2.54. The van der Waals surface area contributed by atoms with Crippen molar-refractivity contribution in [2.75, 3.05) is 10.3 Å². The summed E-state index contributed by atoms with van der Waals surface area (Å²) in [4.78, 5) is 62.4. The number of hydrogen-bond donors (Lipinski definition) is 1. The quantitative estimate of drug-likeness (QED) is 0.114. The van der Waals surface area contributed by atoms with E-state index in [4.69, 9.17) is 11.6 Å². The predicted molar refractivity (Wildman–Crippen MR) is 165 cm³/mol. The fourth-order valence-electron chi connectivity index (χ4n) is 7.20. The summed E-state index contributed by atoms with van der Waals surface area (Å²) in [6.45, 7) is 0. The van der Waals surface area contributed by atoms with E-state index in [1.807, 2.05) is 36.4 Å². The van der Waals surface area contributed by atoms with E-state index in [0.717, 1.165) is 40.3 Å². The van der Waals surface area contributed by atoms with Crippen LogP contribution in [0.5, 0.6) is 0 Å². The SMILES string of the molecule is O=C1[C@H]2C3c4ccccc4C(/C=N\Nc4ccc([N+](=O)[O-])cc4[N+](=O)[O-])(c4ccccc43)[C@H]2C(=O)N1c1ccc(Cl)cc1[N+](=O)[O-]. The average Bonchev–Trinajstić information content (AvgIpc) is 3.31. The zero-order valence-electron chi connectivity index (χ0n) is 23.3. The largest absolute Gasteiger partial charge is 0.301 e. The summed E-state index contributed by atoms with van der Waals surface area (Å²) in [7, 11) is 0. The molecule has 14 nitrogen and oxygen atoms in total. The first-order chi connectivity index (χ1) is 22.1. The second-order valence-corrected chi connectivity index (χ2v) is 11.4. The number of hydrazone groups is 1. The van der Waals surface area contributed by atoms with Crippen molar-refractivity contribution in [2.45, 2.75) is 11.3 Å². The summed E-state index contributed by atoms with van der Waals surface area (Å²) in [5.41, 5.74) is 2.18. The van der Waals surface area contributed by atoms with Crippen LogP contribution in [0.25, 0.3) is 0 Å². The van der Waals surface area contributed by atoms with E-state index in [-0.39, 0.29) is 16.4 Å². The lowest BCUT2D eigenvalue weighted by molar-refractivity contribution is -0.393. The third kappa shape index (κ3) is 3.93. The average molecular weight is 639 g/mol. The third-order valence-electron chi connectivity index (χ3n) is 8.90. The molecule has 0 unspecified atom stereocenters. The highest BCUT2D eigenvalue weighted by molar-refractivity contribution is 6.31. The molecule has 0 spiro atoms. The van der Waals surface area contributed by atoms with Gasteiger partial charge >= 0.3 is 5.69 Å². The third-order valence-corrected chi connectivity index (χ3v) is 9.14. The van der Waals surface area contributed by atoms with Crippen LogP contribution in [-0.4, -0.2) is 32.8 Å². The van der Waals surface area contributed by atoms with Crippen LogP contribution in [0.1, 0.15) is 28.2 Å². The van der Waals surface area contributed by atoms with Gasteiger partial charge in [-0.2, -0.15) is 5.10 Å². The molecule has 0 radical (unpaired) electrons. The molecule has 2 atom stereocenters. The Morgan fingerprint density at radius 2 is 1.41 bits per heavy atom. The van der Waals surface area contributed by atoms with E-state index in [1.54, 1.807) is 12.1 Å². The maximum absolute atomic E-state index is 14.5. The molecule has 228 valence electrons. The standard InChI is InChI=1S/C31H19ClN6O8/c32-16-9-12-23(25(13-16)38(45)46)35-29(39)27-26-18-5-1-3-7-20(18)31(28(27)30(35)40,21-8-4-2-6-19(21)26)15-33-34-22-11-10-17(36(41)42)14-24(22)37(43)44/h1-15,26-28,34H/b33-15-/t26?,27-,28+,31?/m0/s1. The number of nitrogens with zero attached hydrogens (tertiary/aromatic N) is 5. The second-order valence-electron chi connectivity index (χ2n) is 11.0. The highest BCUT2D eigenvalue weighted by Gasteiger charge is 2.68. The molecule has 4 aromatic rings. The van der Waals surface area contributed by atoms with Gasteiger partial charge in [0, 0.05) is 29.3 Å². The van der Waals surface area contributed by atoms with Crippen molar-refractivity contribution >= 4 is 58.1 Å². The van der Waals surface area contributed by atoms with Gasteiger partial charge in [0.05, 0.1) is 38.1 Å². The van der Waals surface area contributed by atoms with Crippen molar-refractivity contribution in [3.05, 3.63) is 143 Å². The van der Waals surface area contributed by atoms with Crippen LogP contribution >= 0.6 is 11.6 Å². The van der Waals surface area contributed by atoms with Crippen LogP contribution in [0.15, 0.2) is 90.0 Å². The van der Waals surface area contributed by atoms with E-state index in [1.165, 1.54) is 18.3 Å². The number of nitro benzene ring substituents is 3. The van der Waals surface area contributed by atoms with Gasteiger partial charge in [0.25, 0.3) is 11.4 Å². The molecule has 46 heavy (non-hydrogen) atoms. The van der Waals surface area contributed by atoms with Crippen molar-refractivity contribution in [1.82, 2.24) is 0 Å². The van der Waals surface area contributed by atoms with Gasteiger partial charge in [-0.15, -0.1) is 0 Å². The minimum atomic E-state index is -1.39. The number of anilines is 2. The smallest absolute Gasteiger partial charge is 0.274 e. The maximum Gasteiger partial charge on any atom is 0.301 e. The van der Waals surface area contributed by atoms with Gasteiger partial charge in [-0.3, -0.25) is 45.4 Å². The number of imide groups is 1. The Hall–Kier alpha value is -6.02. The zero-order chi connectivity index (χ0) is 32.5. The van der Waals surface area contributed by atoms with Crippen LogP contribution in [0.2, 0.25) is 5.02 Å². The summed E-state index contributed by atoms with van der Waals surface area (Å²) in [6.07, 6.45) is 1.42. The van der Waals surface area contributed by atoms with Crippen LogP contribution in [0.4, 0.5) is 28.4 Å². The molecule has 4 aromatic carbocycles. The first-order valence-electron chi connectivity index (χ1n) is 13.8. The van der Waals surface area contributed by atoms with Crippen LogP contribution in [0, 0.1) is 42.2 Å². The molecule has 1 fully saturated rings. The molecule has 15 heteroatoms. The number of carbonyl (C=O) groups excluding carboxylic acids is 2. The predicted octanol–water partition coefficient (Wildman–Crippen LogP) is 5.71. The van der Waals surface area contributed by atoms with E-state index in [0.29, 0.717) is 11.1 Å². The van der Waals surface area contributed by atoms with Crippen molar-refractivity contribution in [1.29, 1.82) is 0 Å². The number of hydrogen-bond acceptors (Lipinski definition) is 10. The Bertz CT molecular complexity index is 2040. The number of amides is 2. The molecule has 2 bridgehead atoms. The molecule has 3 aliphatic carbocycles. The highest BCUT2D eigenvalue weighted by Crippen LogP contribution is 2.64. The van der Waals surface area contributed by atoms with E-state index < -0.39 is 66.8 Å². The van der Waals surface area contributed by atoms with E-state index in [2.05, 4.69) is 10.5 Å². The molecule has 1 saturated heterocycles. The van der Waals surface area contributed by atoms with Gasteiger partial charge < -0.3 is 0 Å². The maximum atomic E-state index is 14.5. The summed E-state index contributed by atoms with van der Waals surface area (Å²) in [5.74, 6) is -3.91. The summed E-state index contributed by atoms with van der Waals surface area (Å²) in [6, 6.07) is 21.3. The minimum absolute atomic E-state index is 0.0573. The van der Waals surface area contributed by atoms with E-state index in [9.17, 15) is 39.9 Å². The molecule has 1 aliphatic heterocycles. The first-order valence-corrected chi connectivity index (χ1v) is 14.2. The topological polar surface area (TPSA) is 191 Å². The number of halogens is 1.